The van der Waals surface area contributed by atoms with Crippen LogP contribution in [0.4, 0.5) is 0 Å². The second kappa shape index (κ2) is 4.92. The number of aryl methyl sites for hydroxylation is 1. The topological polar surface area (TPSA) is 65.7 Å². The molecule has 2 atom stereocenters. The van der Waals surface area contributed by atoms with E-state index in [0.29, 0.717) is 0 Å². The first-order valence-corrected chi connectivity index (χ1v) is 6.75. The van der Waals surface area contributed by atoms with Gasteiger partial charge in [-0.1, -0.05) is 18.2 Å². The standard InChI is InChI=1S/C15H18N2O3/c1-10-6-11-4-2-3-5-12(11)17(10)9-15(20)16-7-13(18)14(19)8-16/h2-6,13-14,18-19H,7-9H2,1H3/t13-,14+. The summed E-state index contributed by atoms with van der Waals surface area (Å²) in [5, 5.41) is 20.1. The minimum absolute atomic E-state index is 0.0787. The lowest BCUT2D eigenvalue weighted by Gasteiger charge is -2.17. The number of likely N-dealkylation sites (tertiary alicyclic amines) is 1. The van der Waals surface area contributed by atoms with E-state index in [9.17, 15) is 15.0 Å². The highest BCUT2D eigenvalue weighted by molar-refractivity contribution is 5.84. The summed E-state index contributed by atoms with van der Waals surface area (Å²) in [5.41, 5.74) is 2.05. The lowest BCUT2D eigenvalue weighted by Crippen LogP contribution is -2.33. The average Bonchev–Trinajstić information content (AvgIpc) is 2.91. The number of nitrogens with zero attached hydrogens (tertiary/aromatic N) is 2. The Morgan fingerprint density at radius 3 is 2.60 bits per heavy atom. The Morgan fingerprint density at radius 1 is 1.25 bits per heavy atom. The minimum Gasteiger partial charge on any atom is -0.388 e. The van der Waals surface area contributed by atoms with Crippen LogP contribution < -0.4 is 0 Å². The molecule has 1 aliphatic rings. The Balaban J connectivity index is 1.83. The van der Waals surface area contributed by atoms with Crippen molar-refractivity contribution in [2.75, 3.05) is 13.1 Å². The second-order valence-corrected chi connectivity index (χ2v) is 5.36. The Morgan fingerprint density at radius 2 is 1.90 bits per heavy atom. The Hall–Kier alpha value is -1.85. The molecule has 1 aromatic carbocycles. The molecule has 20 heavy (non-hydrogen) atoms. The first-order chi connectivity index (χ1) is 9.56. The number of fused-ring (bicyclic) bond motifs is 1. The molecule has 1 fully saturated rings. The molecule has 0 aliphatic carbocycles. The van der Waals surface area contributed by atoms with Gasteiger partial charge in [0.05, 0.1) is 12.2 Å². The van der Waals surface area contributed by atoms with Crippen LogP contribution >= 0.6 is 0 Å². The van der Waals surface area contributed by atoms with Crippen molar-refractivity contribution in [3.8, 4) is 0 Å². The van der Waals surface area contributed by atoms with Gasteiger partial charge in [-0.3, -0.25) is 4.79 Å². The van der Waals surface area contributed by atoms with Crippen molar-refractivity contribution in [3.05, 3.63) is 36.0 Å². The van der Waals surface area contributed by atoms with E-state index in [1.807, 2.05) is 35.8 Å². The van der Waals surface area contributed by atoms with Crippen molar-refractivity contribution in [2.45, 2.75) is 25.7 Å². The number of amides is 1. The molecule has 0 spiro atoms. The number of aliphatic hydroxyl groups is 2. The van der Waals surface area contributed by atoms with E-state index >= 15 is 0 Å². The summed E-state index contributed by atoms with van der Waals surface area (Å²) < 4.78 is 1.97. The van der Waals surface area contributed by atoms with Gasteiger partial charge in [-0.05, 0) is 24.4 Å². The Labute approximate surface area is 117 Å². The predicted molar refractivity (Wildman–Crippen MR) is 75.3 cm³/mol. The molecular formula is C15H18N2O3. The number of benzene rings is 1. The molecular weight excluding hydrogens is 256 g/mol. The summed E-state index contributed by atoms with van der Waals surface area (Å²) in [6.45, 7) is 2.62. The van der Waals surface area contributed by atoms with E-state index < -0.39 is 12.2 Å². The molecule has 5 heteroatoms. The van der Waals surface area contributed by atoms with Gasteiger partial charge >= 0.3 is 0 Å². The van der Waals surface area contributed by atoms with Gasteiger partial charge < -0.3 is 19.7 Å². The van der Waals surface area contributed by atoms with E-state index in [2.05, 4.69) is 6.07 Å². The lowest BCUT2D eigenvalue weighted by atomic mass is 10.2. The molecule has 2 heterocycles. The fourth-order valence-electron chi connectivity index (χ4n) is 2.77. The van der Waals surface area contributed by atoms with Gasteiger partial charge in [-0.25, -0.2) is 0 Å². The zero-order chi connectivity index (χ0) is 14.3. The molecule has 0 saturated carbocycles. The predicted octanol–water partition coefficient (Wildman–Crippen LogP) is 0.514. The molecule has 0 unspecified atom stereocenters. The molecule has 5 nitrogen and oxygen atoms in total. The fraction of sp³-hybridized carbons (Fsp3) is 0.400. The minimum atomic E-state index is -0.832. The molecule has 0 radical (unpaired) electrons. The third-order valence-electron chi connectivity index (χ3n) is 3.92. The van der Waals surface area contributed by atoms with Crippen LogP contribution in [0.2, 0.25) is 0 Å². The summed E-state index contributed by atoms with van der Waals surface area (Å²) in [4.78, 5) is 13.8. The van der Waals surface area contributed by atoms with Crippen molar-refractivity contribution in [3.63, 3.8) is 0 Å². The van der Waals surface area contributed by atoms with Crippen LogP contribution in [0, 0.1) is 6.92 Å². The highest BCUT2D eigenvalue weighted by Gasteiger charge is 2.32. The summed E-state index contributed by atoms with van der Waals surface area (Å²) in [6.07, 6.45) is -1.66. The number of hydrogen-bond acceptors (Lipinski definition) is 3. The van der Waals surface area contributed by atoms with Crippen LogP contribution in [0.1, 0.15) is 5.69 Å². The fourth-order valence-corrected chi connectivity index (χ4v) is 2.77. The maximum absolute atomic E-state index is 12.3. The summed E-state index contributed by atoms with van der Waals surface area (Å²) >= 11 is 0. The first-order valence-electron chi connectivity index (χ1n) is 6.75. The number of carbonyl (C=O) groups excluding carboxylic acids is 1. The quantitative estimate of drug-likeness (QED) is 0.839. The van der Waals surface area contributed by atoms with E-state index in [1.54, 1.807) is 0 Å². The molecule has 1 amide bonds. The number of aromatic nitrogens is 1. The largest absolute Gasteiger partial charge is 0.388 e. The zero-order valence-corrected chi connectivity index (χ0v) is 11.4. The average molecular weight is 274 g/mol. The number of rotatable bonds is 2. The second-order valence-electron chi connectivity index (χ2n) is 5.36. The van der Waals surface area contributed by atoms with Gasteiger partial charge in [0, 0.05) is 24.3 Å². The monoisotopic (exact) mass is 274 g/mol. The molecule has 3 rings (SSSR count). The van der Waals surface area contributed by atoms with Crippen LogP contribution in [-0.4, -0.2) is 50.9 Å². The van der Waals surface area contributed by atoms with Crippen molar-refractivity contribution in [2.24, 2.45) is 0 Å². The smallest absolute Gasteiger partial charge is 0.242 e. The van der Waals surface area contributed by atoms with Crippen molar-refractivity contribution >= 4 is 16.8 Å². The SMILES string of the molecule is Cc1cc2ccccc2n1CC(=O)N1C[C@@H](O)[C@@H](O)C1. The van der Waals surface area contributed by atoms with E-state index in [-0.39, 0.29) is 25.5 Å². The number of hydrogen-bond donors (Lipinski definition) is 2. The summed E-state index contributed by atoms with van der Waals surface area (Å²) in [5.74, 6) is -0.0787. The molecule has 1 aromatic heterocycles. The van der Waals surface area contributed by atoms with Crippen LogP contribution in [0.3, 0.4) is 0 Å². The van der Waals surface area contributed by atoms with Crippen LogP contribution in [0.5, 0.6) is 0 Å². The van der Waals surface area contributed by atoms with Crippen LogP contribution in [-0.2, 0) is 11.3 Å². The van der Waals surface area contributed by atoms with Crippen LogP contribution in [0.25, 0.3) is 10.9 Å². The Kier molecular flexibility index (Phi) is 3.23. The zero-order valence-electron chi connectivity index (χ0n) is 11.4. The molecule has 1 aliphatic heterocycles. The van der Waals surface area contributed by atoms with Gasteiger partial charge in [-0.15, -0.1) is 0 Å². The van der Waals surface area contributed by atoms with E-state index in [4.69, 9.17) is 0 Å². The third kappa shape index (κ3) is 2.19. The van der Waals surface area contributed by atoms with Crippen molar-refractivity contribution in [1.82, 2.24) is 9.47 Å². The normalized spacial score (nSPS) is 22.6. The van der Waals surface area contributed by atoms with Crippen LogP contribution in [0.15, 0.2) is 30.3 Å². The van der Waals surface area contributed by atoms with Gasteiger partial charge in [0.1, 0.15) is 6.54 Å². The van der Waals surface area contributed by atoms with Gasteiger partial charge in [0.15, 0.2) is 0 Å². The number of aliphatic hydroxyl groups excluding tert-OH is 2. The summed E-state index contributed by atoms with van der Waals surface area (Å²) in [7, 11) is 0. The number of carbonyl (C=O) groups is 1. The Bertz CT molecular complexity index is 640. The van der Waals surface area contributed by atoms with Gasteiger partial charge in [-0.2, -0.15) is 0 Å². The maximum atomic E-state index is 12.3. The molecule has 1 saturated heterocycles. The van der Waals surface area contributed by atoms with Gasteiger partial charge in [0.25, 0.3) is 0 Å². The van der Waals surface area contributed by atoms with Crippen molar-refractivity contribution < 1.29 is 15.0 Å². The first kappa shape index (κ1) is 13.1. The molecule has 2 N–H and O–H groups in total. The lowest BCUT2D eigenvalue weighted by molar-refractivity contribution is -0.131. The number of β-amino-alcohol motifs (C(OH)–C–C–N with tert-alkyl or cyclic N) is 2. The highest BCUT2D eigenvalue weighted by atomic mass is 16.3. The summed E-state index contributed by atoms with van der Waals surface area (Å²) in [6, 6.07) is 9.99. The molecule has 2 aromatic rings. The third-order valence-corrected chi connectivity index (χ3v) is 3.92. The maximum Gasteiger partial charge on any atom is 0.242 e. The number of para-hydroxylation sites is 1. The van der Waals surface area contributed by atoms with Crippen molar-refractivity contribution in [1.29, 1.82) is 0 Å². The molecule has 106 valence electrons. The molecule has 0 bridgehead atoms. The van der Waals surface area contributed by atoms with E-state index in [0.717, 1.165) is 16.6 Å². The van der Waals surface area contributed by atoms with Gasteiger partial charge in [0.2, 0.25) is 5.91 Å². The van der Waals surface area contributed by atoms with E-state index in [1.165, 1.54) is 4.90 Å². The highest BCUT2D eigenvalue weighted by Crippen LogP contribution is 2.20.